The van der Waals surface area contributed by atoms with Crippen molar-refractivity contribution in [3.8, 4) is 0 Å². The molecule has 8 heavy (non-hydrogen) atoms. The first-order valence-corrected chi connectivity index (χ1v) is 2.41. The summed E-state index contributed by atoms with van der Waals surface area (Å²) in [6, 6.07) is 0. The molecule has 1 amide bonds. The molecular formula is C5H10N2O. The Morgan fingerprint density at radius 3 is 2.38 bits per heavy atom. The van der Waals surface area contributed by atoms with Gasteiger partial charge in [-0.1, -0.05) is 0 Å². The SMILES string of the molecule is C/C=N/N(C)C(C)=O. The minimum absolute atomic E-state index is 0.0527. The van der Waals surface area contributed by atoms with Crippen molar-refractivity contribution in [2.75, 3.05) is 7.05 Å². The fourth-order valence-electron chi connectivity index (χ4n) is 0.255. The van der Waals surface area contributed by atoms with Gasteiger partial charge in [0.05, 0.1) is 0 Å². The number of nitrogens with zero attached hydrogens (tertiary/aromatic N) is 2. The summed E-state index contributed by atoms with van der Waals surface area (Å²) < 4.78 is 0. The van der Waals surface area contributed by atoms with Crippen LogP contribution in [0.15, 0.2) is 5.10 Å². The molecule has 0 rings (SSSR count). The summed E-state index contributed by atoms with van der Waals surface area (Å²) in [4.78, 5) is 10.3. The molecule has 46 valence electrons. The quantitative estimate of drug-likeness (QED) is 0.360. The third-order valence-electron chi connectivity index (χ3n) is 0.744. The second kappa shape index (κ2) is 3.18. The molecule has 0 saturated heterocycles. The van der Waals surface area contributed by atoms with Gasteiger partial charge < -0.3 is 0 Å². The second-order valence-electron chi connectivity index (χ2n) is 1.42. The molecule has 0 aromatic carbocycles. The van der Waals surface area contributed by atoms with Gasteiger partial charge in [0.15, 0.2) is 0 Å². The number of hydrogen-bond donors (Lipinski definition) is 0. The lowest BCUT2D eigenvalue weighted by Gasteiger charge is -2.04. The maximum absolute atomic E-state index is 10.3. The molecule has 3 heteroatoms. The van der Waals surface area contributed by atoms with E-state index in [1.54, 1.807) is 20.2 Å². The highest BCUT2D eigenvalue weighted by Gasteiger charge is 1.93. The Labute approximate surface area is 49.0 Å². The smallest absolute Gasteiger partial charge is 0.239 e. The molecule has 0 bridgehead atoms. The van der Waals surface area contributed by atoms with Crippen LogP contribution in [0.4, 0.5) is 0 Å². The van der Waals surface area contributed by atoms with E-state index in [0.717, 1.165) is 0 Å². The van der Waals surface area contributed by atoms with Crippen molar-refractivity contribution in [1.29, 1.82) is 0 Å². The predicted octanol–water partition coefficient (Wildman–Crippen LogP) is 0.470. The Balaban J connectivity index is 3.64. The van der Waals surface area contributed by atoms with Gasteiger partial charge in [0.1, 0.15) is 0 Å². The monoisotopic (exact) mass is 114 g/mol. The van der Waals surface area contributed by atoms with Crippen molar-refractivity contribution in [2.45, 2.75) is 13.8 Å². The maximum atomic E-state index is 10.3. The van der Waals surface area contributed by atoms with E-state index >= 15 is 0 Å². The minimum Gasteiger partial charge on any atom is -0.273 e. The first kappa shape index (κ1) is 7.14. The number of rotatable bonds is 1. The summed E-state index contributed by atoms with van der Waals surface area (Å²) in [6.45, 7) is 3.23. The zero-order valence-electron chi connectivity index (χ0n) is 5.38. The lowest BCUT2D eigenvalue weighted by atomic mass is 10.7. The van der Waals surface area contributed by atoms with E-state index in [9.17, 15) is 4.79 Å². The van der Waals surface area contributed by atoms with Crippen LogP contribution in [0.25, 0.3) is 0 Å². The predicted molar refractivity (Wildman–Crippen MR) is 32.6 cm³/mol. The number of amides is 1. The average molecular weight is 114 g/mol. The van der Waals surface area contributed by atoms with Gasteiger partial charge in [-0.2, -0.15) is 5.10 Å². The summed E-state index contributed by atoms with van der Waals surface area (Å²) in [5, 5.41) is 4.96. The lowest BCUT2D eigenvalue weighted by Crippen LogP contribution is -2.16. The molecule has 0 aromatic heterocycles. The van der Waals surface area contributed by atoms with E-state index in [-0.39, 0.29) is 5.91 Å². The molecule has 0 spiro atoms. The molecule has 0 heterocycles. The van der Waals surface area contributed by atoms with Crippen molar-refractivity contribution >= 4 is 12.1 Å². The molecule has 0 fully saturated rings. The highest BCUT2D eigenvalue weighted by atomic mass is 16.2. The normalized spacial score (nSPS) is 9.88. The summed E-state index contributed by atoms with van der Waals surface area (Å²) in [7, 11) is 1.61. The van der Waals surface area contributed by atoms with Gasteiger partial charge >= 0.3 is 0 Å². The third kappa shape index (κ3) is 2.34. The average Bonchev–Trinajstić information content (AvgIpc) is 1.67. The third-order valence-corrected chi connectivity index (χ3v) is 0.744. The molecule has 0 atom stereocenters. The van der Waals surface area contributed by atoms with E-state index < -0.39 is 0 Å². The first-order chi connectivity index (χ1) is 3.68. The van der Waals surface area contributed by atoms with E-state index in [1.165, 1.54) is 11.9 Å². The highest BCUT2D eigenvalue weighted by molar-refractivity contribution is 5.73. The standard InChI is InChI=1S/C5H10N2O/c1-4-6-7(3)5(2)8/h4H,1-3H3/b6-4+. The fourth-order valence-corrected chi connectivity index (χ4v) is 0.255. The number of carbonyl (C=O) groups is 1. The molecule has 0 radical (unpaired) electrons. The van der Waals surface area contributed by atoms with Gasteiger partial charge in [-0.15, -0.1) is 0 Å². The van der Waals surface area contributed by atoms with Crippen LogP contribution >= 0.6 is 0 Å². The molecule has 0 unspecified atom stereocenters. The van der Waals surface area contributed by atoms with Crippen molar-refractivity contribution in [2.24, 2.45) is 5.10 Å². The first-order valence-electron chi connectivity index (χ1n) is 2.41. The van der Waals surface area contributed by atoms with Crippen molar-refractivity contribution in [3.05, 3.63) is 0 Å². The van der Waals surface area contributed by atoms with Crippen molar-refractivity contribution < 1.29 is 4.79 Å². The Bertz CT molecular complexity index is 109. The van der Waals surface area contributed by atoms with Crippen LogP contribution in [0, 0.1) is 0 Å². The topological polar surface area (TPSA) is 32.7 Å². The zero-order chi connectivity index (χ0) is 6.57. The maximum Gasteiger partial charge on any atom is 0.239 e. The van der Waals surface area contributed by atoms with Gasteiger partial charge in [0.2, 0.25) is 5.91 Å². The minimum atomic E-state index is -0.0527. The molecule has 3 nitrogen and oxygen atoms in total. The number of hydrogen-bond acceptors (Lipinski definition) is 2. The Kier molecular flexibility index (Phi) is 2.84. The van der Waals surface area contributed by atoms with Gasteiger partial charge in [-0.25, -0.2) is 5.01 Å². The van der Waals surface area contributed by atoms with Crippen LogP contribution < -0.4 is 0 Å². The van der Waals surface area contributed by atoms with E-state index in [4.69, 9.17) is 0 Å². The van der Waals surface area contributed by atoms with Crippen molar-refractivity contribution in [3.63, 3.8) is 0 Å². The molecule has 0 saturated carbocycles. The Morgan fingerprint density at radius 2 is 2.25 bits per heavy atom. The molecule has 0 aliphatic carbocycles. The molecule has 0 aliphatic heterocycles. The fraction of sp³-hybridized carbons (Fsp3) is 0.600. The van der Waals surface area contributed by atoms with E-state index in [1.807, 2.05) is 0 Å². The van der Waals surface area contributed by atoms with E-state index in [0.29, 0.717) is 0 Å². The van der Waals surface area contributed by atoms with Gasteiger partial charge in [0, 0.05) is 20.2 Å². The number of hydrazone groups is 1. The molecule has 0 aliphatic rings. The summed E-state index contributed by atoms with van der Waals surface area (Å²) in [5.41, 5.74) is 0. The van der Waals surface area contributed by atoms with Crippen LogP contribution in [0.3, 0.4) is 0 Å². The second-order valence-corrected chi connectivity index (χ2v) is 1.42. The van der Waals surface area contributed by atoms with Crippen molar-refractivity contribution in [1.82, 2.24) is 5.01 Å². The van der Waals surface area contributed by atoms with E-state index in [2.05, 4.69) is 5.10 Å². The lowest BCUT2D eigenvalue weighted by molar-refractivity contribution is -0.127. The van der Waals surface area contributed by atoms with Crippen LogP contribution in [-0.2, 0) is 4.79 Å². The van der Waals surface area contributed by atoms with Gasteiger partial charge in [-0.05, 0) is 6.92 Å². The highest BCUT2D eigenvalue weighted by Crippen LogP contribution is 1.80. The van der Waals surface area contributed by atoms with Crippen LogP contribution in [0.2, 0.25) is 0 Å². The number of carbonyl (C=O) groups excluding carboxylic acids is 1. The van der Waals surface area contributed by atoms with Crippen LogP contribution in [-0.4, -0.2) is 24.2 Å². The molecule has 0 N–H and O–H groups in total. The van der Waals surface area contributed by atoms with Gasteiger partial charge in [-0.3, -0.25) is 4.79 Å². The summed E-state index contributed by atoms with van der Waals surface area (Å²) in [5.74, 6) is -0.0527. The van der Waals surface area contributed by atoms with Crippen LogP contribution in [0.5, 0.6) is 0 Å². The van der Waals surface area contributed by atoms with Crippen LogP contribution in [0.1, 0.15) is 13.8 Å². The largest absolute Gasteiger partial charge is 0.273 e. The molecule has 0 aromatic rings. The Morgan fingerprint density at radius 1 is 1.75 bits per heavy atom. The molecular weight excluding hydrogens is 104 g/mol. The zero-order valence-corrected chi connectivity index (χ0v) is 5.38. The summed E-state index contributed by atoms with van der Waals surface area (Å²) in [6.07, 6.45) is 1.57. The van der Waals surface area contributed by atoms with Gasteiger partial charge in [0.25, 0.3) is 0 Å². The summed E-state index contributed by atoms with van der Waals surface area (Å²) >= 11 is 0. The Hall–Kier alpha value is -0.860.